The van der Waals surface area contributed by atoms with E-state index in [1.807, 2.05) is 30.5 Å². The van der Waals surface area contributed by atoms with Gasteiger partial charge >= 0.3 is 0 Å². The molecule has 0 aliphatic carbocycles. The summed E-state index contributed by atoms with van der Waals surface area (Å²) in [6.07, 6.45) is 2.86. The molecule has 0 N–H and O–H groups in total. The maximum Gasteiger partial charge on any atom is 0.212 e. The van der Waals surface area contributed by atoms with E-state index in [1.165, 1.54) is 0 Å². The lowest BCUT2D eigenvalue weighted by atomic mass is 10.0. The van der Waals surface area contributed by atoms with E-state index in [2.05, 4.69) is 77.1 Å². The highest BCUT2D eigenvalue weighted by molar-refractivity contribution is 5.82. The van der Waals surface area contributed by atoms with Crippen molar-refractivity contribution in [1.82, 2.24) is 19.4 Å². The van der Waals surface area contributed by atoms with E-state index in [0.29, 0.717) is 5.88 Å². The fraction of sp³-hybridized carbons (Fsp3) is 0.231. The Morgan fingerprint density at radius 2 is 1.52 bits per heavy atom. The molecule has 0 unspecified atom stereocenters. The van der Waals surface area contributed by atoms with Gasteiger partial charge in [-0.3, -0.25) is 0 Å². The molecule has 2 aromatic carbocycles. The number of nitrogens with zero attached hydrogens (tertiary/aromatic N) is 4. The first-order valence-electron chi connectivity index (χ1n) is 10.5. The summed E-state index contributed by atoms with van der Waals surface area (Å²) >= 11 is 0. The molecular formula is C26H28N4O. The molecule has 0 atom stereocenters. The summed E-state index contributed by atoms with van der Waals surface area (Å²) in [5, 5.41) is 0. The van der Waals surface area contributed by atoms with Crippen molar-refractivity contribution in [2.75, 3.05) is 27.7 Å². The van der Waals surface area contributed by atoms with E-state index >= 15 is 0 Å². The highest BCUT2D eigenvalue weighted by atomic mass is 16.5. The smallest absolute Gasteiger partial charge is 0.212 e. The number of ether oxygens (including phenoxy) is 1. The van der Waals surface area contributed by atoms with Gasteiger partial charge in [-0.2, -0.15) is 0 Å². The number of aromatic nitrogens is 3. The van der Waals surface area contributed by atoms with Crippen molar-refractivity contribution in [1.29, 1.82) is 0 Å². The molecule has 31 heavy (non-hydrogen) atoms. The van der Waals surface area contributed by atoms with Crippen LogP contribution in [0, 0.1) is 0 Å². The number of benzene rings is 2. The largest absolute Gasteiger partial charge is 0.481 e. The molecule has 0 aliphatic heterocycles. The minimum atomic E-state index is 0.598. The summed E-state index contributed by atoms with van der Waals surface area (Å²) in [5.74, 6) is 1.52. The second-order valence-electron chi connectivity index (χ2n) is 7.76. The number of hydrogen-bond acceptors (Lipinski definition) is 4. The third kappa shape index (κ3) is 4.67. The molecule has 0 radical (unpaired) electrons. The van der Waals surface area contributed by atoms with Gasteiger partial charge in [0.15, 0.2) is 0 Å². The van der Waals surface area contributed by atoms with Crippen LogP contribution in [0.2, 0.25) is 0 Å². The Labute approximate surface area is 184 Å². The van der Waals surface area contributed by atoms with Crippen LogP contribution in [0.3, 0.4) is 0 Å². The maximum atomic E-state index is 5.25. The number of rotatable bonds is 8. The first-order valence-corrected chi connectivity index (χ1v) is 10.5. The Hall–Kier alpha value is -3.44. The molecule has 0 spiro atoms. The highest BCUT2D eigenvalue weighted by Crippen LogP contribution is 2.36. The Kier molecular flexibility index (Phi) is 6.43. The van der Waals surface area contributed by atoms with Crippen molar-refractivity contribution in [3.63, 3.8) is 0 Å². The Balaban J connectivity index is 1.91. The maximum absolute atomic E-state index is 5.25. The highest BCUT2D eigenvalue weighted by Gasteiger charge is 2.21. The van der Waals surface area contributed by atoms with Crippen LogP contribution >= 0.6 is 0 Å². The van der Waals surface area contributed by atoms with Gasteiger partial charge in [-0.1, -0.05) is 60.7 Å². The predicted octanol–water partition coefficient (Wildman–Crippen LogP) is 5.24. The van der Waals surface area contributed by atoms with Crippen molar-refractivity contribution < 1.29 is 4.74 Å². The first-order chi connectivity index (χ1) is 15.2. The molecule has 5 nitrogen and oxygen atoms in total. The standard InChI is InChI=1S/C26H28N4O/c1-29(2)17-10-18-30-25(21-13-8-5-9-14-21)24(20-11-6-4-7-12-20)28-26(30)22-15-16-23(31-3)27-19-22/h4-9,11-16,19H,10,17-18H2,1-3H3. The molecule has 2 heterocycles. The molecule has 2 aromatic heterocycles. The molecule has 4 rings (SSSR count). The van der Waals surface area contributed by atoms with Gasteiger partial charge in [-0.25, -0.2) is 9.97 Å². The Morgan fingerprint density at radius 3 is 2.10 bits per heavy atom. The second-order valence-corrected chi connectivity index (χ2v) is 7.76. The molecule has 0 saturated carbocycles. The van der Waals surface area contributed by atoms with E-state index in [4.69, 9.17) is 9.72 Å². The summed E-state index contributed by atoms with van der Waals surface area (Å²) < 4.78 is 7.59. The zero-order valence-corrected chi connectivity index (χ0v) is 18.3. The van der Waals surface area contributed by atoms with Crippen LogP contribution in [0.4, 0.5) is 0 Å². The number of imidazole rings is 1. The fourth-order valence-electron chi connectivity index (χ4n) is 3.76. The van der Waals surface area contributed by atoms with Gasteiger partial charge in [0.2, 0.25) is 5.88 Å². The Bertz CT molecular complexity index is 1100. The monoisotopic (exact) mass is 412 g/mol. The van der Waals surface area contributed by atoms with Crippen molar-refractivity contribution in [2.24, 2.45) is 0 Å². The number of pyridine rings is 1. The molecule has 5 heteroatoms. The van der Waals surface area contributed by atoms with Crippen molar-refractivity contribution in [3.05, 3.63) is 79.0 Å². The number of hydrogen-bond donors (Lipinski definition) is 0. The van der Waals surface area contributed by atoms with Crippen LogP contribution in [0.15, 0.2) is 79.0 Å². The quantitative estimate of drug-likeness (QED) is 0.397. The third-order valence-electron chi connectivity index (χ3n) is 5.25. The average molecular weight is 413 g/mol. The first kappa shape index (κ1) is 20.8. The van der Waals surface area contributed by atoms with E-state index in [9.17, 15) is 0 Å². The topological polar surface area (TPSA) is 43.2 Å². The van der Waals surface area contributed by atoms with Crippen molar-refractivity contribution >= 4 is 0 Å². The van der Waals surface area contributed by atoms with Gasteiger partial charge in [0.25, 0.3) is 0 Å². The summed E-state index contributed by atoms with van der Waals surface area (Å²) in [6, 6.07) is 24.8. The van der Waals surface area contributed by atoms with Gasteiger partial charge in [-0.15, -0.1) is 0 Å². The van der Waals surface area contributed by atoms with Gasteiger partial charge < -0.3 is 14.2 Å². The molecule has 0 bridgehead atoms. The van der Waals surface area contributed by atoms with Crippen molar-refractivity contribution in [2.45, 2.75) is 13.0 Å². The van der Waals surface area contributed by atoms with Crippen LogP contribution in [-0.4, -0.2) is 47.2 Å². The molecule has 158 valence electrons. The van der Waals surface area contributed by atoms with Crippen LogP contribution in [0.25, 0.3) is 33.9 Å². The average Bonchev–Trinajstić information content (AvgIpc) is 3.19. The summed E-state index contributed by atoms with van der Waals surface area (Å²) in [4.78, 5) is 11.8. The molecule has 0 aliphatic rings. The molecule has 0 fully saturated rings. The minimum Gasteiger partial charge on any atom is -0.481 e. The van der Waals surface area contributed by atoms with Crippen LogP contribution in [0.5, 0.6) is 5.88 Å². The molecule has 0 amide bonds. The number of methoxy groups -OCH3 is 1. The lowest BCUT2D eigenvalue weighted by Crippen LogP contribution is -2.15. The summed E-state index contributed by atoms with van der Waals surface area (Å²) in [6.45, 7) is 1.87. The predicted molar refractivity (Wildman–Crippen MR) is 126 cm³/mol. The fourth-order valence-corrected chi connectivity index (χ4v) is 3.76. The zero-order chi connectivity index (χ0) is 21.6. The van der Waals surface area contributed by atoms with Gasteiger partial charge in [0.05, 0.1) is 18.5 Å². The minimum absolute atomic E-state index is 0.598. The van der Waals surface area contributed by atoms with E-state index < -0.39 is 0 Å². The molecular weight excluding hydrogens is 384 g/mol. The third-order valence-corrected chi connectivity index (χ3v) is 5.25. The SMILES string of the molecule is COc1ccc(-c2nc(-c3ccccc3)c(-c3ccccc3)n2CCCN(C)C)cn1. The lowest BCUT2D eigenvalue weighted by Gasteiger charge is -2.15. The summed E-state index contributed by atoms with van der Waals surface area (Å²) in [7, 11) is 5.84. The molecule has 0 saturated heterocycles. The van der Waals surface area contributed by atoms with Crippen LogP contribution < -0.4 is 4.74 Å². The van der Waals surface area contributed by atoms with Crippen molar-refractivity contribution in [3.8, 4) is 39.8 Å². The van der Waals surface area contributed by atoms with Crippen LogP contribution in [0.1, 0.15) is 6.42 Å². The Morgan fingerprint density at radius 1 is 0.839 bits per heavy atom. The lowest BCUT2D eigenvalue weighted by molar-refractivity contribution is 0.387. The van der Waals surface area contributed by atoms with E-state index in [0.717, 1.165) is 53.4 Å². The van der Waals surface area contributed by atoms with Crippen LogP contribution in [-0.2, 0) is 6.54 Å². The van der Waals surface area contributed by atoms with Gasteiger partial charge in [0.1, 0.15) is 5.82 Å². The molecule has 4 aromatic rings. The van der Waals surface area contributed by atoms with Gasteiger partial charge in [-0.05, 0) is 33.1 Å². The van der Waals surface area contributed by atoms with Gasteiger partial charge in [0, 0.05) is 35.5 Å². The van der Waals surface area contributed by atoms with E-state index in [1.54, 1.807) is 7.11 Å². The zero-order valence-electron chi connectivity index (χ0n) is 18.3. The van der Waals surface area contributed by atoms with E-state index in [-0.39, 0.29) is 0 Å². The summed E-state index contributed by atoms with van der Waals surface area (Å²) in [5.41, 5.74) is 5.37. The normalized spacial score (nSPS) is 11.1. The second kappa shape index (κ2) is 9.58.